The van der Waals surface area contributed by atoms with Gasteiger partial charge in [-0.1, -0.05) is 43.2 Å². The zero-order valence-corrected chi connectivity index (χ0v) is 13.3. The summed E-state index contributed by atoms with van der Waals surface area (Å²) in [6.07, 6.45) is 5.09. The molecule has 2 heteroatoms. The van der Waals surface area contributed by atoms with Crippen LogP contribution in [0.15, 0.2) is 54.6 Å². The number of para-hydroxylation sites is 1. The molecule has 0 spiro atoms. The van der Waals surface area contributed by atoms with E-state index in [4.69, 9.17) is 0 Å². The SMILES string of the molecule is CCN(c1ccccc1)C1CCCCC1c1ccc(O)cc1. The summed E-state index contributed by atoms with van der Waals surface area (Å²) in [6.45, 7) is 3.28. The van der Waals surface area contributed by atoms with Crippen molar-refractivity contribution in [2.75, 3.05) is 11.4 Å². The minimum absolute atomic E-state index is 0.353. The predicted octanol–water partition coefficient (Wildman–Crippen LogP) is 4.94. The lowest BCUT2D eigenvalue weighted by atomic mass is 9.79. The number of hydrogen-bond donors (Lipinski definition) is 1. The van der Waals surface area contributed by atoms with E-state index in [9.17, 15) is 5.11 Å². The molecule has 1 saturated carbocycles. The molecular formula is C20H25NO. The summed E-state index contributed by atoms with van der Waals surface area (Å²) in [6, 6.07) is 19.1. The van der Waals surface area contributed by atoms with Gasteiger partial charge in [-0.2, -0.15) is 0 Å². The molecule has 2 aromatic carbocycles. The van der Waals surface area contributed by atoms with Crippen LogP contribution in [0.25, 0.3) is 0 Å². The van der Waals surface area contributed by atoms with E-state index < -0.39 is 0 Å². The van der Waals surface area contributed by atoms with E-state index in [0.717, 1.165) is 6.54 Å². The minimum Gasteiger partial charge on any atom is -0.508 e. The van der Waals surface area contributed by atoms with Crippen LogP contribution in [0, 0.1) is 0 Å². The maximum absolute atomic E-state index is 9.54. The lowest BCUT2D eigenvalue weighted by Gasteiger charge is -2.41. The quantitative estimate of drug-likeness (QED) is 0.863. The highest BCUT2D eigenvalue weighted by molar-refractivity contribution is 5.48. The van der Waals surface area contributed by atoms with Gasteiger partial charge in [0.25, 0.3) is 0 Å². The summed E-state index contributed by atoms with van der Waals surface area (Å²) >= 11 is 0. The normalized spacial score (nSPS) is 21.5. The van der Waals surface area contributed by atoms with Gasteiger partial charge in [-0.25, -0.2) is 0 Å². The Morgan fingerprint density at radius 2 is 1.64 bits per heavy atom. The molecule has 3 rings (SSSR count). The second-order valence-corrected chi connectivity index (χ2v) is 6.17. The van der Waals surface area contributed by atoms with Crippen molar-refractivity contribution in [2.45, 2.75) is 44.6 Å². The molecule has 0 saturated heterocycles. The summed E-state index contributed by atoms with van der Waals surface area (Å²) in [4.78, 5) is 2.55. The third-order valence-electron chi connectivity index (χ3n) is 4.88. The molecule has 1 fully saturated rings. The number of likely N-dealkylation sites (N-methyl/N-ethyl adjacent to an activating group) is 1. The third-order valence-corrected chi connectivity index (χ3v) is 4.88. The van der Waals surface area contributed by atoms with Crippen molar-refractivity contribution in [3.8, 4) is 5.75 Å². The molecule has 1 aliphatic carbocycles. The molecule has 0 amide bonds. The minimum atomic E-state index is 0.353. The van der Waals surface area contributed by atoms with Crippen molar-refractivity contribution in [1.82, 2.24) is 0 Å². The zero-order chi connectivity index (χ0) is 15.4. The molecule has 0 bridgehead atoms. The van der Waals surface area contributed by atoms with Gasteiger partial charge in [0.1, 0.15) is 5.75 Å². The van der Waals surface area contributed by atoms with Crippen molar-refractivity contribution < 1.29 is 5.11 Å². The largest absolute Gasteiger partial charge is 0.508 e. The molecule has 2 unspecified atom stereocenters. The van der Waals surface area contributed by atoms with E-state index in [-0.39, 0.29) is 0 Å². The fourth-order valence-corrected chi connectivity index (χ4v) is 3.82. The number of hydrogen-bond acceptors (Lipinski definition) is 2. The van der Waals surface area contributed by atoms with E-state index in [1.165, 1.54) is 36.9 Å². The van der Waals surface area contributed by atoms with Gasteiger partial charge in [0.15, 0.2) is 0 Å². The van der Waals surface area contributed by atoms with E-state index in [1.807, 2.05) is 12.1 Å². The smallest absolute Gasteiger partial charge is 0.115 e. The van der Waals surface area contributed by atoms with E-state index >= 15 is 0 Å². The number of benzene rings is 2. The monoisotopic (exact) mass is 295 g/mol. The van der Waals surface area contributed by atoms with E-state index in [2.05, 4.69) is 54.3 Å². The van der Waals surface area contributed by atoms with Gasteiger partial charge in [-0.3, -0.25) is 0 Å². The second kappa shape index (κ2) is 6.87. The predicted molar refractivity (Wildman–Crippen MR) is 92.6 cm³/mol. The summed E-state index contributed by atoms with van der Waals surface area (Å²) in [5.41, 5.74) is 2.68. The van der Waals surface area contributed by atoms with Crippen molar-refractivity contribution >= 4 is 5.69 Å². The molecule has 1 aliphatic rings. The fourth-order valence-electron chi connectivity index (χ4n) is 3.82. The standard InChI is InChI=1S/C20H25NO/c1-2-21(17-8-4-3-5-9-17)20-11-7-6-10-19(20)16-12-14-18(22)15-13-16/h3-5,8-9,12-15,19-20,22H,2,6-7,10-11H2,1H3. The first kappa shape index (κ1) is 15.0. The Labute approximate surface area is 133 Å². The first-order valence-corrected chi connectivity index (χ1v) is 8.40. The molecular weight excluding hydrogens is 270 g/mol. The van der Waals surface area contributed by atoms with Crippen LogP contribution in [0.4, 0.5) is 5.69 Å². The zero-order valence-electron chi connectivity index (χ0n) is 13.3. The van der Waals surface area contributed by atoms with Crippen molar-refractivity contribution in [3.63, 3.8) is 0 Å². The summed E-state index contributed by atoms with van der Waals surface area (Å²) in [5.74, 6) is 0.904. The molecule has 2 nitrogen and oxygen atoms in total. The van der Waals surface area contributed by atoms with Crippen LogP contribution in [-0.2, 0) is 0 Å². The van der Waals surface area contributed by atoms with Crippen LogP contribution in [-0.4, -0.2) is 17.7 Å². The summed E-state index contributed by atoms with van der Waals surface area (Å²) in [5, 5.41) is 9.54. The Morgan fingerprint density at radius 1 is 0.955 bits per heavy atom. The highest BCUT2D eigenvalue weighted by Gasteiger charge is 2.30. The molecule has 116 valence electrons. The lowest BCUT2D eigenvalue weighted by molar-refractivity contribution is 0.366. The summed E-state index contributed by atoms with van der Waals surface area (Å²) in [7, 11) is 0. The van der Waals surface area contributed by atoms with Crippen molar-refractivity contribution in [3.05, 3.63) is 60.2 Å². The van der Waals surface area contributed by atoms with Crippen molar-refractivity contribution in [1.29, 1.82) is 0 Å². The third kappa shape index (κ3) is 3.11. The maximum Gasteiger partial charge on any atom is 0.115 e. The van der Waals surface area contributed by atoms with Crippen LogP contribution in [0.1, 0.15) is 44.1 Å². The Hall–Kier alpha value is -1.96. The van der Waals surface area contributed by atoms with Crippen molar-refractivity contribution in [2.24, 2.45) is 0 Å². The molecule has 2 aromatic rings. The van der Waals surface area contributed by atoms with Gasteiger partial charge in [-0.15, -0.1) is 0 Å². The molecule has 0 aromatic heterocycles. The highest BCUT2D eigenvalue weighted by Crippen LogP contribution is 2.38. The van der Waals surface area contributed by atoms with Crippen LogP contribution >= 0.6 is 0 Å². The van der Waals surface area contributed by atoms with Gasteiger partial charge in [0.05, 0.1) is 0 Å². The lowest BCUT2D eigenvalue weighted by Crippen LogP contribution is -2.41. The molecule has 22 heavy (non-hydrogen) atoms. The first-order valence-electron chi connectivity index (χ1n) is 8.40. The van der Waals surface area contributed by atoms with E-state index in [1.54, 1.807) is 0 Å². The Bertz CT molecular complexity index is 578. The molecule has 0 heterocycles. The number of phenols is 1. The number of rotatable bonds is 4. The Morgan fingerprint density at radius 3 is 2.32 bits per heavy atom. The van der Waals surface area contributed by atoms with Crippen LogP contribution in [0.3, 0.4) is 0 Å². The molecule has 1 N–H and O–H groups in total. The van der Waals surface area contributed by atoms with Gasteiger partial charge in [-0.05, 0) is 49.6 Å². The number of anilines is 1. The number of phenolic OH excluding ortho intramolecular Hbond substituents is 1. The van der Waals surface area contributed by atoms with E-state index in [0.29, 0.717) is 17.7 Å². The average Bonchev–Trinajstić information content (AvgIpc) is 2.58. The number of nitrogens with zero attached hydrogens (tertiary/aromatic N) is 1. The van der Waals surface area contributed by atoms with Gasteiger partial charge in [0, 0.05) is 24.2 Å². The van der Waals surface area contributed by atoms with Crippen LogP contribution in [0.2, 0.25) is 0 Å². The van der Waals surface area contributed by atoms with Gasteiger partial charge >= 0.3 is 0 Å². The molecule has 2 atom stereocenters. The molecule has 0 radical (unpaired) electrons. The van der Waals surface area contributed by atoms with Crippen LogP contribution < -0.4 is 4.90 Å². The average molecular weight is 295 g/mol. The first-order chi connectivity index (χ1) is 10.8. The maximum atomic E-state index is 9.54. The highest BCUT2D eigenvalue weighted by atomic mass is 16.3. The second-order valence-electron chi connectivity index (χ2n) is 6.17. The Balaban J connectivity index is 1.89. The van der Waals surface area contributed by atoms with Crippen LogP contribution in [0.5, 0.6) is 5.75 Å². The fraction of sp³-hybridized carbons (Fsp3) is 0.400. The topological polar surface area (TPSA) is 23.5 Å². The molecule has 0 aliphatic heterocycles. The Kier molecular flexibility index (Phi) is 4.67. The van der Waals surface area contributed by atoms with Gasteiger partial charge < -0.3 is 10.0 Å². The number of aromatic hydroxyl groups is 1. The summed E-state index contributed by atoms with van der Waals surface area (Å²) < 4.78 is 0. The van der Waals surface area contributed by atoms with Gasteiger partial charge in [0.2, 0.25) is 0 Å².